The second-order valence-electron chi connectivity index (χ2n) is 4.56. The molecule has 114 valence electrons. The summed E-state index contributed by atoms with van der Waals surface area (Å²) < 4.78 is 0. The first-order valence-electron chi connectivity index (χ1n) is 6.45. The van der Waals surface area contributed by atoms with Crippen LogP contribution in [0.1, 0.15) is 11.3 Å². The van der Waals surface area contributed by atoms with Gasteiger partial charge in [-0.3, -0.25) is 4.99 Å². The number of nitrogens with zero attached hydrogens (tertiary/aromatic N) is 3. The lowest BCUT2D eigenvalue weighted by molar-refractivity contribution is 1.14. The third-order valence-electron chi connectivity index (χ3n) is 2.93. The molecule has 1 aromatic heterocycles. The highest BCUT2D eigenvalue weighted by Crippen LogP contribution is 2.19. The van der Waals surface area contributed by atoms with Crippen LogP contribution in [-0.2, 0) is 6.42 Å². The molecule has 0 amide bonds. The summed E-state index contributed by atoms with van der Waals surface area (Å²) in [6.07, 6.45) is 2.28. The van der Waals surface area contributed by atoms with Crippen molar-refractivity contribution in [2.24, 2.45) is 10.7 Å². The highest BCUT2D eigenvalue weighted by Gasteiger charge is 2.09. The maximum Gasteiger partial charge on any atom is 0.222 e. The SMILES string of the molecule is CN=C/C(Cc1ccc(Cl)cc1)=C(\N)c1cc(Cl)nc(N)n1. The number of hydrogen-bond acceptors (Lipinski definition) is 5. The van der Waals surface area contributed by atoms with E-state index in [9.17, 15) is 0 Å². The zero-order valence-electron chi connectivity index (χ0n) is 11.9. The third-order valence-corrected chi connectivity index (χ3v) is 3.37. The summed E-state index contributed by atoms with van der Waals surface area (Å²) in [6.45, 7) is 0. The van der Waals surface area contributed by atoms with E-state index in [1.165, 1.54) is 0 Å². The van der Waals surface area contributed by atoms with Crippen molar-refractivity contribution in [3.05, 3.63) is 57.3 Å². The Morgan fingerprint density at radius 3 is 2.50 bits per heavy atom. The van der Waals surface area contributed by atoms with E-state index in [-0.39, 0.29) is 11.1 Å². The van der Waals surface area contributed by atoms with E-state index in [0.717, 1.165) is 11.1 Å². The predicted octanol–water partition coefficient (Wildman–Crippen LogP) is 2.98. The predicted molar refractivity (Wildman–Crippen MR) is 92.1 cm³/mol. The zero-order chi connectivity index (χ0) is 16.1. The Morgan fingerprint density at radius 1 is 1.23 bits per heavy atom. The molecule has 0 aliphatic heterocycles. The Morgan fingerprint density at radius 2 is 1.91 bits per heavy atom. The fraction of sp³-hybridized carbons (Fsp3) is 0.133. The Hall–Kier alpha value is -2.11. The lowest BCUT2D eigenvalue weighted by Gasteiger charge is -2.09. The molecule has 2 rings (SSSR count). The molecule has 7 heteroatoms. The van der Waals surface area contributed by atoms with Gasteiger partial charge in [-0.2, -0.15) is 0 Å². The largest absolute Gasteiger partial charge is 0.397 e. The van der Waals surface area contributed by atoms with E-state index in [0.29, 0.717) is 22.8 Å². The second kappa shape index (κ2) is 7.24. The van der Waals surface area contributed by atoms with E-state index < -0.39 is 0 Å². The Kier molecular flexibility index (Phi) is 5.35. The van der Waals surface area contributed by atoms with Crippen LogP contribution in [0, 0.1) is 0 Å². The van der Waals surface area contributed by atoms with Gasteiger partial charge in [-0.05, 0) is 23.3 Å². The first-order valence-corrected chi connectivity index (χ1v) is 7.21. The molecule has 4 N–H and O–H groups in total. The molecule has 0 aliphatic rings. The van der Waals surface area contributed by atoms with Crippen molar-refractivity contribution in [2.75, 3.05) is 12.8 Å². The van der Waals surface area contributed by atoms with Crippen LogP contribution < -0.4 is 11.5 Å². The van der Waals surface area contributed by atoms with Crippen LogP contribution in [0.4, 0.5) is 5.95 Å². The fourth-order valence-corrected chi connectivity index (χ4v) is 2.24. The number of anilines is 1. The monoisotopic (exact) mass is 335 g/mol. The van der Waals surface area contributed by atoms with Crippen molar-refractivity contribution in [3.63, 3.8) is 0 Å². The summed E-state index contributed by atoms with van der Waals surface area (Å²) >= 11 is 11.8. The van der Waals surface area contributed by atoms with Gasteiger partial charge >= 0.3 is 0 Å². The van der Waals surface area contributed by atoms with Crippen LogP contribution in [0.5, 0.6) is 0 Å². The Labute approximate surface area is 138 Å². The first-order chi connectivity index (χ1) is 10.5. The highest BCUT2D eigenvalue weighted by atomic mass is 35.5. The smallest absolute Gasteiger partial charge is 0.222 e. The van der Waals surface area contributed by atoms with Crippen molar-refractivity contribution in [2.45, 2.75) is 6.42 Å². The lowest BCUT2D eigenvalue weighted by atomic mass is 10.0. The first kappa shape index (κ1) is 16.3. The van der Waals surface area contributed by atoms with Crippen LogP contribution >= 0.6 is 23.2 Å². The Balaban J connectivity index is 2.41. The van der Waals surface area contributed by atoms with Crippen LogP contribution in [0.15, 0.2) is 40.9 Å². The van der Waals surface area contributed by atoms with Crippen molar-refractivity contribution in [3.8, 4) is 0 Å². The van der Waals surface area contributed by atoms with Gasteiger partial charge in [0, 0.05) is 30.8 Å². The van der Waals surface area contributed by atoms with Gasteiger partial charge in [-0.25, -0.2) is 9.97 Å². The minimum atomic E-state index is 0.0738. The van der Waals surface area contributed by atoms with Gasteiger partial charge in [-0.1, -0.05) is 35.3 Å². The minimum Gasteiger partial charge on any atom is -0.397 e. The summed E-state index contributed by atoms with van der Waals surface area (Å²) in [6, 6.07) is 9.08. The maximum atomic E-state index is 6.20. The summed E-state index contributed by atoms with van der Waals surface area (Å²) in [5, 5.41) is 0.923. The van der Waals surface area contributed by atoms with Crippen LogP contribution in [0.3, 0.4) is 0 Å². The molecule has 0 unspecified atom stereocenters. The number of rotatable bonds is 4. The van der Waals surface area contributed by atoms with Gasteiger partial charge < -0.3 is 11.5 Å². The summed E-state index contributed by atoms with van der Waals surface area (Å²) in [7, 11) is 1.68. The van der Waals surface area contributed by atoms with Crippen molar-refractivity contribution in [1.29, 1.82) is 0 Å². The number of allylic oxidation sites excluding steroid dienone is 1. The maximum absolute atomic E-state index is 6.20. The van der Waals surface area contributed by atoms with E-state index in [4.69, 9.17) is 34.7 Å². The molecule has 0 atom stereocenters. The minimum absolute atomic E-state index is 0.0738. The van der Waals surface area contributed by atoms with Crippen LogP contribution in [0.25, 0.3) is 5.70 Å². The van der Waals surface area contributed by atoms with Crippen molar-refractivity contribution in [1.82, 2.24) is 9.97 Å². The number of aromatic nitrogens is 2. The molecule has 0 bridgehead atoms. The molecule has 1 heterocycles. The van der Waals surface area contributed by atoms with E-state index in [2.05, 4.69) is 15.0 Å². The number of aliphatic imine (C=N–C) groups is 1. The number of nitrogen functional groups attached to an aromatic ring is 1. The van der Waals surface area contributed by atoms with Crippen LogP contribution in [0.2, 0.25) is 10.2 Å². The number of halogens is 2. The average Bonchev–Trinajstić information content (AvgIpc) is 2.47. The third kappa shape index (κ3) is 4.19. The molecule has 0 spiro atoms. The van der Waals surface area contributed by atoms with Gasteiger partial charge in [-0.15, -0.1) is 0 Å². The quantitative estimate of drug-likeness (QED) is 0.663. The highest BCUT2D eigenvalue weighted by molar-refractivity contribution is 6.30. The molecule has 0 radical (unpaired) electrons. The molecule has 0 saturated carbocycles. The van der Waals surface area contributed by atoms with E-state index in [1.54, 1.807) is 19.3 Å². The fourth-order valence-electron chi connectivity index (χ4n) is 1.93. The molecule has 5 nitrogen and oxygen atoms in total. The van der Waals surface area contributed by atoms with Gasteiger partial charge in [0.15, 0.2) is 0 Å². The molecule has 22 heavy (non-hydrogen) atoms. The lowest BCUT2D eigenvalue weighted by Crippen LogP contribution is -2.09. The Bertz CT molecular complexity index is 703. The molecular weight excluding hydrogens is 321 g/mol. The summed E-state index contributed by atoms with van der Waals surface area (Å²) in [5.74, 6) is 0.0738. The summed E-state index contributed by atoms with van der Waals surface area (Å²) in [4.78, 5) is 12.0. The topological polar surface area (TPSA) is 90.2 Å². The van der Waals surface area contributed by atoms with Gasteiger partial charge in [0.25, 0.3) is 0 Å². The zero-order valence-corrected chi connectivity index (χ0v) is 13.4. The molecule has 0 saturated heterocycles. The normalized spacial score (nSPS) is 12.5. The number of nitrogens with two attached hydrogens (primary N) is 2. The van der Waals surface area contributed by atoms with Gasteiger partial charge in [0.1, 0.15) is 5.15 Å². The molecule has 2 aromatic rings. The standard InChI is InChI=1S/C15H15Cl2N5/c1-20-8-10(6-9-2-4-11(16)5-3-9)14(18)12-7-13(17)22-15(19)21-12/h2-5,7-8H,6,18H2,1H3,(H2,19,21,22)/b14-10-,20-8?. The van der Waals surface area contributed by atoms with Crippen molar-refractivity contribution >= 4 is 41.1 Å². The van der Waals surface area contributed by atoms with Crippen LogP contribution in [-0.4, -0.2) is 23.2 Å². The molecule has 0 aliphatic carbocycles. The number of hydrogen-bond donors (Lipinski definition) is 2. The molecule has 1 aromatic carbocycles. The molecule has 0 fully saturated rings. The average molecular weight is 336 g/mol. The second-order valence-corrected chi connectivity index (χ2v) is 5.39. The van der Waals surface area contributed by atoms with Crippen molar-refractivity contribution < 1.29 is 0 Å². The van der Waals surface area contributed by atoms with Gasteiger partial charge in [0.2, 0.25) is 5.95 Å². The molecular formula is C15H15Cl2N5. The number of benzene rings is 1. The summed E-state index contributed by atoms with van der Waals surface area (Å²) in [5.41, 5.74) is 14.6. The van der Waals surface area contributed by atoms with Gasteiger partial charge in [0.05, 0.1) is 11.4 Å². The van der Waals surface area contributed by atoms with E-state index >= 15 is 0 Å². The van der Waals surface area contributed by atoms with E-state index in [1.807, 2.05) is 24.3 Å².